The molecule has 0 aromatic carbocycles. The molecule has 2 aromatic rings. The zero-order chi connectivity index (χ0) is 14.8. The molecule has 0 aliphatic heterocycles. The molecule has 7 heteroatoms. The summed E-state index contributed by atoms with van der Waals surface area (Å²) in [6, 6.07) is -0.0314. The number of carboxylic acids is 1. The number of imidazole rings is 1. The zero-order valence-corrected chi connectivity index (χ0v) is 12.3. The maximum atomic E-state index is 12.1. The van der Waals surface area contributed by atoms with Crippen molar-refractivity contribution in [3.8, 4) is 0 Å². The van der Waals surface area contributed by atoms with Crippen LogP contribution in [0, 0.1) is 5.92 Å². The van der Waals surface area contributed by atoms with Crippen molar-refractivity contribution in [1.82, 2.24) is 14.7 Å². The molecule has 112 valence electrons. The van der Waals surface area contributed by atoms with Gasteiger partial charge in [0.15, 0.2) is 4.96 Å². The molecule has 3 rings (SSSR count). The summed E-state index contributed by atoms with van der Waals surface area (Å²) in [7, 11) is 0. The first kappa shape index (κ1) is 14.1. The number of nitrogens with one attached hydrogen (secondary N) is 1. The summed E-state index contributed by atoms with van der Waals surface area (Å²) in [4.78, 5) is 28.3. The molecule has 2 N–H and O–H groups in total. The van der Waals surface area contributed by atoms with Crippen molar-refractivity contribution in [2.75, 3.05) is 0 Å². The third-order valence-electron chi connectivity index (χ3n) is 3.87. The van der Waals surface area contributed by atoms with E-state index in [1.54, 1.807) is 0 Å². The van der Waals surface area contributed by atoms with E-state index in [4.69, 9.17) is 5.11 Å². The van der Waals surface area contributed by atoms with E-state index in [-0.39, 0.29) is 24.3 Å². The van der Waals surface area contributed by atoms with Crippen LogP contribution in [0.1, 0.15) is 31.4 Å². The van der Waals surface area contributed by atoms with E-state index >= 15 is 0 Å². The molecule has 2 atom stereocenters. The van der Waals surface area contributed by atoms with Crippen LogP contribution in [-0.4, -0.2) is 32.4 Å². The maximum Gasteiger partial charge on any atom is 0.306 e. The van der Waals surface area contributed by atoms with Gasteiger partial charge in [-0.2, -0.15) is 0 Å². The highest BCUT2D eigenvalue weighted by molar-refractivity contribution is 7.15. The van der Waals surface area contributed by atoms with Gasteiger partial charge < -0.3 is 10.4 Å². The fourth-order valence-electron chi connectivity index (χ4n) is 2.85. The highest BCUT2D eigenvalue weighted by atomic mass is 32.1. The second-order valence-corrected chi connectivity index (χ2v) is 6.34. The van der Waals surface area contributed by atoms with Crippen molar-refractivity contribution in [1.29, 1.82) is 0 Å². The van der Waals surface area contributed by atoms with E-state index in [9.17, 15) is 9.59 Å². The number of carboxylic acid groups (broad SMARTS) is 1. The fraction of sp³-hybridized carbons (Fsp3) is 0.500. The van der Waals surface area contributed by atoms with Crippen molar-refractivity contribution in [2.45, 2.75) is 38.1 Å². The van der Waals surface area contributed by atoms with Crippen LogP contribution in [0.15, 0.2) is 17.8 Å². The van der Waals surface area contributed by atoms with E-state index in [1.807, 2.05) is 22.2 Å². The third-order valence-corrected chi connectivity index (χ3v) is 4.64. The number of amides is 1. The molecule has 2 aromatic heterocycles. The fourth-order valence-corrected chi connectivity index (χ4v) is 3.57. The molecule has 21 heavy (non-hydrogen) atoms. The predicted molar refractivity (Wildman–Crippen MR) is 78.3 cm³/mol. The molecule has 1 aliphatic rings. The van der Waals surface area contributed by atoms with Gasteiger partial charge in [-0.1, -0.05) is 6.42 Å². The standard InChI is InChI=1S/C14H17N3O3S/c18-12(7-11-8-17-4-5-21-14(17)16-11)15-10-3-1-2-9(6-10)13(19)20/h4-5,8-10H,1-3,6-7H2,(H,15,18)(H,19,20). The van der Waals surface area contributed by atoms with Crippen LogP contribution in [0.25, 0.3) is 4.96 Å². The van der Waals surface area contributed by atoms with Crippen molar-refractivity contribution in [3.63, 3.8) is 0 Å². The molecule has 0 radical (unpaired) electrons. The van der Waals surface area contributed by atoms with Crippen LogP contribution in [0.5, 0.6) is 0 Å². The molecule has 1 aliphatic carbocycles. The number of rotatable bonds is 4. The Hall–Kier alpha value is -1.89. The quantitative estimate of drug-likeness (QED) is 0.900. The summed E-state index contributed by atoms with van der Waals surface area (Å²) < 4.78 is 1.90. The Bertz CT molecular complexity index is 635. The van der Waals surface area contributed by atoms with E-state index in [2.05, 4.69) is 10.3 Å². The Morgan fingerprint density at radius 2 is 2.33 bits per heavy atom. The monoisotopic (exact) mass is 307 g/mol. The summed E-state index contributed by atoms with van der Waals surface area (Å²) in [5.41, 5.74) is 0.741. The molecule has 1 fully saturated rings. The van der Waals surface area contributed by atoms with Crippen LogP contribution in [-0.2, 0) is 16.0 Å². The van der Waals surface area contributed by atoms with Crippen LogP contribution < -0.4 is 5.32 Å². The molecular weight excluding hydrogens is 290 g/mol. The van der Waals surface area contributed by atoms with Gasteiger partial charge in [0, 0.05) is 23.8 Å². The SMILES string of the molecule is O=C(Cc1cn2ccsc2n1)NC1CCCC(C(=O)O)C1. The molecule has 6 nitrogen and oxygen atoms in total. The minimum atomic E-state index is -0.761. The van der Waals surface area contributed by atoms with Gasteiger partial charge in [-0.05, 0) is 19.3 Å². The van der Waals surface area contributed by atoms with Crippen LogP contribution >= 0.6 is 11.3 Å². The predicted octanol–water partition coefficient (Wildman–Crippen LogP) is 1.70. The van der Waals surface area contributed by atoms with Crippen molar-refractivity contribution < 1.29 is 14.7 Å². The molecule has 1 amide bonds. The van der Waals surface area contributed by atoms with E-state index in [0.717, 1.165) is 23.5 Å². The second kappa shape index (κ2) is 5.85. The lowest BCUT2D eigenvalue weighted by Gasteiger charge is -2.27. The summed E-state index contributed by atoms with van der Waals surface area (Å²) >= 11 is 1.53. The van der Waals surface area contributed by atoms with Crippen molar-refractivity contribution >= 4 is 28.2 Å². The second-order valence-electron chi connectivity index (χ2n) is 5.47. The van der Waals surface area contributed by atoms with Gasteiger partial charge in [-0.15, -0.1) is 11.3 Å². The van der Waals surface area contributed by atoms with Crippen molar-refractivity contribution in [3.05, 3.63) is 23.5 Å². The summed E-state index contributed by atoms with van der Waals surface area (Å²) in [5.74, 6) is -1.18. The lowest BCUT2D eigenvalue weighted by atomic mass is 9.86. The Labute approximate surface area is 125 Å². The Balaban J connectivity index is 1.56. The highest BCUT2D eigenvalue weighted by Crippen LogP contribution is 2.24. The Morgan fingerprint density at radius 1 is 1.48 bits per heavy atom. The number of hydrogen-bond donors (Lipinski definition) is 2. The number of aliphatic carboxylic acids is 1. The maximum absolute atomic E-state index is 12.1. The van der Waals surface area contributed by atoms with E-state index < -0.39 is 5.97 Å². The molecule has 2 unspecified atom stereocenters. The van der Waals surface area contributed by atoms with Crippen LogP contribution in [0.2, 0.25) is 0 Å². The number of thiazole rings is 1. The molecule has 0 saturated heterocycles. The number of aromatic nitrogens is 2. The minimum absolute atomic E-state index is 0.0314. The zero-order valence-electron chi connectivity index (χ0n) is 11.5. The largest absolute Gasteiger partial charge is 0.481 e. The normalized spacial score (nSPS) is 22.3. The lowest BCUT2D eigenvalue weighted by molar-refractivity contribution is -0.143. The van der Waals surface area contributed by atoms with Crippen LogP contribution in [0.3, 0.4) is 0 Å². The summed E-state index contributed by atoms with van der Waals surface area (Å²) in [6.45, 7) is 0. The van der Waals surface area contributed by atoms with Crippen molar-refractivity contribution in [2.24, 2.45) is 5.92 Å². The number of hydrogen-bond acceptors (Lipinski definition) is 4. The average molecular weight is 307 g/mol. The summed E-state index contributed by atoms with van der Waals surface area (Å²) in [6.07, 6.45) is 6.94. The lowest BCUT2D eigenvalue weighted by Crippen LogP contribution is -2.40. The smallest absolute Gasteiger partial charge is 0.306 e. The molecule has 2 heterocycles. The van der Waals surface area contributed by atoms with Crippen LogP contribution in [0.4, 0.5) is 0 Å². The third kappa shape index (κ3) is 3.24. The molecule has 0 spiro atoms. The van der Waals surface area contributed by atoms with E-state index in [1.165, 1.54) is 11.3 Å². The number of carbonyl (C=O) groups is 2. The van der Waals surface area contributed by atoms with Gasteiger partial charge in [0.25, 0.3) is 0 Å². The van der Waals surface area contributed by atoms with Gasteiger partial charge in [0.1, 0.15) is 0 Å². The number of fused-ring (bicyclic) bond motifs is 1. The van der Waals surface area contributed by atoms with Gasteiger partial charge in [0.2, 0.25) is 5.91 Å². The van der Waals surface area contributed by atoms with Gasteiger partial charge in [0.05, 0.1) is 18.0 Å². The van der Waals surface area contributed by atoms with E-state index in [0.29, 0.717) is 12.8 Å². The van der Waals surface area contributed by atoms with Gasteiger partial charge in [-0.3, -0.25) is 14.0 Å². The minimum Gasteiger partial charge on any atom is -0.481 e. The van der Waals surface area contributed by atoms with Gasteiger partial charge >= 0.3 is 5.97 Å². The Kier molecular flexibility index (Phi) is 3.92. The topological polar surface area (TPSA) is 83.7 Å². The first-order chi connectivity index (χ1) is 10.1. The average Bonchev–Trinajstić information content (AvgIpc) is 2.99. The number of carbonyl (C=O) groups excluding carboxylic acids is 1. The molecule has 0 bridgehead atoms. The number of nitrogens with zero attached hydrogens (tertiary/aromatic N) is 2. The highest BCUT2D eigenvalue weighted by Gasteiger charge is 2.27. The first-order valence-corrected chi connectivity index (χ1v) is 7.93. The molecule has 1 saturated carbocycles. The summed E-state index contributed by atoms with van der Waals surface area (Å²) in [5, 5.41) is 13.9. The van der Waals surface area contributed by atoms with Gasteiger partial charge in [-0.25, -0.2) is 4.98 Å². The Morgan fingerprint density at radius 3 is 3.10 bits per heavy atom. The first-order valence-electron chi connectivity index (χ1n) is 7.05. The molecular formula is C14H17N3O3S.